The lowest BCUT2D eigenvalue weighted by Crippen LogP contribution is -2.47. The van der Waals surface area contributed by atoms with Crippen LogP contribution in [0.25, 0.3) is 6.08 Å². The molecule has 0 saturated heterocycles. The van der Waals surface area contributed by atoms with Gasteiger partial charge in [0.1, 0.15) is 0 Å². The van der Waals surface area contributed by atoms with Crippen molar-refractivity contribution in [1.82, 2.24) is 10.6 Å². The minimum absolute atomic E-state index is 0.0826. The second-order valence-electron chi connectivity index (χ2n) is 6.47. The summed E-state index contributed by atoms with van der Waals surface area (Å²) in [6.07, 6.45) is 5.45. The van der Waals surface area contributed by atoms with Crippen molar-refractivity contribution < 1.29 is 28.7 Å². The van der Waals surface area contributed by atoms with E-state index in [9.17, 15) is 19.2 Å². The third kappa shape index (κ3) is 6.53. The molecule has 1 saturated carbocycles. The number of nitrogens with one attached hydrogen (secondary N) is 2. The molecule has 1 aliphatic carbocycles. The Morgan fingerprint density at radius 1 is 1.11 bits per heavy atom. The second kappa shape index (κ2) is 10.2. The van der Waals surface area contributed by atoms with Gasteiger partial charge < -0.3 is 14.8 Å². The average molecular weight is 388 g/mol. The van der Waals surface area contributed by atoms with Crippen molar-refractivity contribution in [2.45, 2.75) is 44.8 Å². The first-order valence-electron chi connectivity index (χ1n) is 9.07. The number of carbonyl (C=O) groups excluding carboxylic acids is 4. The van der Waals surface area contributed by atoms with Crippen LogP contribution in [0.4, 0.5) is 4.79 Å². The van der Waals surface area contributed by atoms with Crippen molar-refractivity contribution in [3.8, 4) is 0 Å². The maximum absolute atomic E-state index is 11.9. The van der Waals surface area contributed by atoms with Crippen LogP contribution in [0.1, 0.15) is 48.5 Å². The van der Waals surface area contributed by atoms with Crippen molar-refractivity contribution in [2.75, 3.05) is 7.11 Å². The molecule has 1 aromatic carbocycles. The van der Waals surface area contributed by atoms with Crippen LogP contribution in [0, 0.1) is 0 Å². The third-order valence-electron chi connectivity index (χ3n) is 4.33. The summed E-state index contributed by atoms with van der Waals surface area (Å²) in [6.45, 7) is 1.38. The largest absolute Gasteiger partial charge is 0.465 e. The topological polar surface area (TPSA) is 111 Å². The van der Waals surface area contributed by atoms with Crippen LogP contribution >= 0.6 is 0 Å². The summed E-state index contributed by atoms with van der Waals surface area (Å²) in [5.41, 5.74) is 1.06. The van der Waals surface area contributed by atoms with E-state index in [0.29, 0.717) is 11.1 Å². The summed E-state index contributed by atoms with van der Waals surface area (Å²) in [6, 6.07) is 5.91. The molecule has 2 N–H and O–H groups in total. The number of amides is 3. The molecule has 0 aliphatic heterocycles. The van der Waals surface area contributed by atoms with Crippen LogP contribution in [0.5, 0.6) is 0 Å². The Morgan fingerprint density at radius 2 is 1.75 bits per heavy atom. The van der Waals surface area contributed by atoms with E-state index >= 15 is 0 Å². The molecule has 0 radical (unpaired) electrons. The number of hydrogen-bond donors (Lipinski definition) is 2. The number of methoxy groups -OCH3 is 1. The number of rotatable bonds is 6. The van der Waals surface area contributed by atoms with Crippen LogP contribution in [0.3, 0.4) is 0 Å². The van der Waals surface area contributed by atoms with Crippen LogP contribution in [-0.4, -0.2) is 43.1 Å². The first-order valence-corrected chi connectivity index (χ1v) is 9.07. The van der Waals surface area contributed by atoms with Gasteiger partial charge >= 0.3 is 18.0 Å². The first-order chi connectivity index (χ1) is 13.4. The Hall–Kier alpha value is -3.16. The first kappa shape index (κ1) is 21.1. The molecular formula is C20H24N2O6. The SMILES string of the molecule is COC(=O)c1ccc(/C=C/C(=O)O[C@H](C)C(=O)NC(=O)NC2CCCC2)cc1. The third-order valence-corrected chi connectivity index (χ3v) is 4.33. The number of benzene rings is 1. The van der Waals surface area contributed by atoms with Crippen molar-refractivity contribution >= 4 is 30.0 Å². The van der Waals surface area contributed by atoms with Gasteiger partial charge in [-0.05, 0) is 43.5 Å². The van der Waals surface area contributed by atoms with E-state index in [1.807, 2.05) is 0 Å². The quantitative estimate of drug-likeness (QED) is 0.571. The van der Waals surface area contributed by atoms with Gasteiger partial charge in [-0.25, -0.2) is 14.4 Å². The standard InChI is InChI=1S/C20H24N2O6/c1-13(18(24)22-20(26)21-16-5-3-4-6-16)28-17(23)12-9-14-7-10-15(11-8-14)19(25)27-2/h7-13,16H,3-6H2,1-2H3,(H2,21,22,24,26)/b12-9+/t13-/m1/s1. The Balaban J connectivity index is 1.79. The summed E-state index contributed by atoms with van der Waals surface area (Å²) in [4.78, 5) is 46.9. The van der Waals surface area contributed by atoms with Crippen molar-refractivity contribution in [3.05, 3.63) is 41.5 Å². The van der Waals surface area contributed by atoms with E-state index in [1.165, 1.54) is 20.1 Å². The smallest absolute Gasteiger partial charge is 0.337 e. The Kier molecular flexibility index (Phi) is 7.74. The molecule has 8 heteroatoms. The number of esters is 2. The molecule has 0 unspecified atom stereocenters. The van der Waals surface area contributed by atoms with Gasteiger partial charge in [0, 0.05) is 12.1 Å². The monoisotopic (exact) mass is 388 g/mol. The predicted molar refractivity (Wildman–Crippen MR) is 101 cm³/mol. The zero-order valence-corrected chi connectivity index (χ0v) is 15.9. The van der Waals surface area contributed by atoms with Crippen molar-refractivity contribution in [3.63, 3.8) is 0 Å². The highest BCUT2D eigenvalue weighted by Crippen LogP contribution is 2.17. The summed E-state index contributed by atoms with van der Waals surface area (Å²) in [7, 11) is 1.29. The highest BCUT2D eigenvalue weighted by atomic mass is 16.5. The zero-order chi connectivity index (χ0) is 20.5. The van der Waals surface area contributed by atoms with E-state index in [0.717, 1.165) is 31.8 Å². The number of hydrogen-bond acceptors (Lipinski definition) is 6. The van der Waals surface area contributed by atoms with E-state index in [-0.39, 0.29) is 6.04 Å². The normalized spacial score (nSPS) is 15.1. The molecule has 0 heterocycles. The Morgan fingerprint density at radius 3 is 2.36 bits per heavy atom. The molecule has 1 atom stereocenters. The van der Waals surface area contributed by atoms with E-state index < -0.39 is 30.0 Å². The lowest BCUT2D eigenvalue weighted by molar-refractivity contribution is -0.149. The van der Waals surface area contributed by atoms with Crippen molar-refractivity contribution in [1.29, 1.82) is 0 Å². The van der Waals surface area contributed by atoms with Gasteiger partial charge in [0.25, 0.3) is 5.91 Å². The molecular weight excluding hydrogens is 364 g/mol. The van der Waals surface area contributed by atoms with Gasteiger partial charge in [-0.3, -0.25) is 10.1 Å². The van der Waals surface area contributed by atoms with E-state index in [1.54, 1.807) is 24.3 Å². The highest BCUT2D eigenvalue weighted by Gasteiger charge is 2.22. The van der Waals surface area contributed by atoms with Gasteiger partial charge in [0.15, 0.2) is 6.10 Å². The summed E-state index contributed by atoms with van der Waals surface area (Å²) in [5, 5.41) is 4.90. The maximum atomic E-state index is 11.9. The van der Waals surface area contributed by atoms with Gasteiger partial charge in [-0.1, -0.05) is 25.0 Å². The molecule has 0 bridgehead atoms. The van der Waals surface area contributed by atoms with Gasteiger partial charge in [0.2, 0.25) is 0 Å². The molecule has 0 aromatic heterocycles. The fourth-order valence-corrected chi connectivity index (χ4v) is 2.78. The van der Waals surface area contributed by atoms with Gasteiger partial charge in [-0.2, -0.15) is 0 Å². The maximum Gasteiger partial charge on any atom is 0.337 e. The zero-order valence-electron chi connectivity index (χ0n) is 15.9. The molecule has 2 rings (SSSR count). The Labute approximate surface area is 163 Å². The Bertz CT molecular complexity index is 750. The minimum atomic E-state index is -1.12. The summed E-state index contributed by atoms with van der Waals surface area (Å²) < 4.78 is 9.60. The molecule has 150 valence electrons. The van der Waals surface area contributed by atoms with Crippen LogP contribution in [0.15, 0.2) is 30.3 Å². The number of imide groups is 1. The fourth-order valence-electron chi connectivity index (χ4n) is 2.78. The van der Waals surface area contributed by atoms with Crippen LogP contribution in [0.2, 0.25) is 0 Å². The van der Waals surface area contributed by atoms with Gasteiger partial charge in [-0.15, -0.1) is 0 Å². The van der Waals surface area contributed by atoms with Gasteiger partial charge in [0.05, 0.1) is 12.7 Å². The molecule has 0 spiro atoms. The molecule has 8 nitrogen and oxygen atoms in total. The summed E-state index contributed by atoms with van der Waals surface area (Å²) >= 11 is 0. The average Bonchev–Trinajstić information content (AvgIpc) is 3.18. The predicted octanol–water partition coefficient (Wildman–Crippen LogP) is 2.19. The molecule has 1 fully saturated rings. The molecule has 1 aliphatic rings. The van der Waals surface area contributed by atoms with Crippen molar-refractivity contribution in [2.24, 2.45) is 0 Å². The molecule has 1 aromatic rings. The minimum Gasteiger partial charge on any atom is -0.465 e. The molecule has 28 heavy (non-hydrogen) atoms. The number of ether oxygens (including phenoxy) is 2. The lowest BCUT2D eigenvalue weighted by atomic mass is 10.1. The number of urea groups is 1. The molecule has 3 amide bonds. The summed E-state index contributed by atoms with van der Waals surface area (Å²) in [5.74, 6) is -1.87. The van der Waals surface area contributed by atoms with E-state index in [2.05, 4.69) is 15.4 Å². The van der Waals surface area contributed by atoms with E-state index in [4.69, 9.17) is 4.74 Å². The fraction of sp³-hybridized carbons (Fsp3) is 0.400. The highest BCUT2D eigenvalue weighted by molar-refractivity contribution is 5.98. The second-order valence-corrected chi connectivity index (χ2v) is 6.47. The van der Waals surface area contributed by atoms with Crippen LogP contribution < -0.4 is 10.6 Å². The van der Waals surface area contributed by atoms with Crippen LogP contribution in [-0.2, 0) is 19.1 Å². The number of carbonyl (C=O) groups is 4. The lowest BCUT2D eigenvalue weighted by Gasteiger charge is -2.15.